The number of hydrogen-bond donors (Lipinski definition) is 2. The molecule has 0 aromatic heterocycles. The molecule has 5 nitrogen and oxygen atoms in total. The van der Waals surface area contributed by atoms with Gasteiger partial charge in [-0.05, 0) is 24.6 Å². The van der Waals surface area contributed by atoms with Crippen LogP contribution in [-0.4, -0.2) is 49.5 Å². The third kappa shape index (κ3) is 4.84. The van der Waals surface area contributed by atoms with E-state index in [1.807, 2.05) is 0 Å². The number of rotatable bonds is 6. The smallest absolute Gasteiger partial charge is 0.322 e. The summed E-state index contributed by atoms with van der Waals surface area (Å²) >= 11 is 0. The maximum absolute atomic E-state index is 13.4. The van der Waals surface area contributed by atoms with Gasteiger partial charge in [-0.25, -0.2) is 9.18 Å². The molecular weight excluding hydrogens is 251 g/mol. The van der Waals surface area contributed by atoms with Gasteiger partial charge in [0.1, 0.15) is 5.82 Å². The summed E-state index contributed by atoms with van der Waals surface area (Å²) in [5.41, 5.74) is 0.901. The van der Waals surface area contributed by atoms with Crippen LogP contribution in [0.25, 0.3) is 0 Å². The molecule has 0 saturated heterocycles. The molecule has 19 heavy (non-hydrogen) atoms. The Morgan fingerprint density at radius 2 is 2.21 bits per heavy atom. The highest BCUT2D eigenvalue weighted by molar-refractivity contribution is 5.89. The molecule has 0 aliphatic heterocycles. The SMILES string of the molecule is COCCN(CCO)C(=O)Nc1ccc(C)c(F)c1. The third-order valence-corrected chi connectivity index (χ3v) is 2.65. The van der Waals surface area contributed by atoms with Gasteiger partial charge in [-0.2, -0.15) is 0 Å². The van der Waals surface area contributed by atoms with E-state index >= 15 is 0 Å². The number of amides is 2. The van der Waals surface area contributed by atoms with E-state index < -0.39 is 6.03 Å². The monoisotopic (exact) mass is 270 g/mol. The lowest BCUT2D eigenvalue weighted by molar-refractivity contribution is 0.142. The van der Waals surface area contributed by atoms with Crippen molar-refractivity contribution in [3.8, 4) is 0 Å². The number of nitrogens with one attached hydrogen (secondary N) is 1. The molecule has 106 valence electrons. The molecule has 0 aliphatic rings. The number of ether oxygens (including phenoxy) is 1. The van der Waals surface area contributed by atoms with Crippen LogP contribution in [0.15, 0.2) is 18.2 Å². The Hall–Kier alpha value is -1.66. The molecule has 1 aromatic rings. The zero-order chi connectivity index (χ0) is 14.3. The normalized spacial score (nSPS) is 10.3. The van der Waals surface area contributed by atoms with Crippen molar-refractivity contribution < 1.29 is 19.0 Å². The number of aliphatic hydroxyl groups excluding tert-OH is 1. The van der Waals surface area contributed by atoms with Gasteiger partial charge in [0.2, 0.25) is 0 Å². The van der Waals surface area contributed by atoms with Crippen molar-refractivity contribution in [2.24, 2.45) is 0 Å². The predicted molar refractivity (Wildman–Crippen MR) is 70.7 cm³/mol. The number of halogens is 1. The fourth-order valence-corrected chi connectivity index (χ4v) is 1.51. The second kappa shape index (κ2) is 7.70. The molecule has 0 aliphatic carbocycles. The van der Waals surface area contributed by atoms with Gasteiger partial charge in [-0.3, -0.25) is 0 Å². The van der Waals surface area contributed by atoms with Gasteiger partial charge in [0.05, 0.1) is 13.2 Å². The average Bonchev–Trinajstić information content (AvgIpc) is 2.38. The summed E-state index contributed by atoms with van der Waals surface area (Å²) in [5.74, 6) is -0.372. The summed E-state index contributed by atoms with van der Waals surface area (Å²) in [5, 5.41) is 11.5. The Morgan fingerprint density at radius 3 is 2.79 bits per heavy atom. The van der Waals surface area contributed by atoms with Gasteiger partial charge in [-0.15, -0.1) is 0 Å². The minimum atomic E-state index is -0.394. The summed E-state index contributed by atoms with van der Waals surface area (Å²) in [6.07, 6.45) is 0. The number of anilines is 1. The maximum Gasteiger partial charge on any atom is 0.322 e. The Balaban J connectivity index is 2.66. The molecule has 0 bridgehead atoms. The van der Waals surface area contributed by atoms with Crippen LogP contribution in [0.4, 0.5) is 14.9 Å². The van der Waals surface area contributed by atoms with Crippen LogP contribution in [0.3, 0.4) is 0 Å². The highest BCUT2D eigenvalue weighted by Crippen LogP contribution is 2.14. The van der Waals surface area contributed by atoms with E-state index in [0.717, 1.165) is 0 Å². The third-order valence-electron chi connectivity index (χ3n) is 2.65. The lowest BCUT2D eigenvalue weighted by atomic mass is 10.2. The number of benzene rings is 1. The van der Waals surface area contributed by atoms with Crippen molar-refractivity contribution in [3.63, 3.8) is 0 Å². The van der Waals surface area contributed by atoms with Gasteiger partial charge in [0, 0.05) is 25.9 Å². The fourth-order valence-electron chi connectivity index (χ4n) is 1.51. The van der Waals surface area contributed by atoms with Crippen LogP contribution in [0.2, 0.25) is 0 Å². The van der Waals surface area contributed by atoms with Crippen molar-refractivity contribution >= 4 is 11.7 Å². The highest BCUT2D eigenvalue weighted by Gasteiger charge is 2.13. The van der Waals surface area contributed by atoms with Crippen molar-refractivity contribution in [1.82, 2.24) is 4.90 Å². The second-order valence-electron chi connectivity index (χ2n) is 4.10. The molecule has 2 N–H and O–H groups in total. The minimum Gasteiger partial charge on any atom is -0.395 e. The van der Waals surface area contributed by atoms with Crippen LogP contribution in [0.1, 0.15) is 5.56 Å². The predicted octanol–water partition coefficient (Wildman–Crippen LogP) is 1.61. The Kier molecular flexibility index (Phi) is 6.24. The highest BCUT2D eigenvalue weighted by atomic mass is 19.1. The number of nitrogens with zero attached hydrogens (tertiary/aromatic N) is 1. The van der Waals surface area contributed by atoms with Crippen molar-refractivity contribution in [2.75, 3.05) is 38.7 Å². The zero-order valence-electron chi connectivity index (χ0n) is 11.1. The second-order valence-corrected chi connectivity index (χ2v) is 4.10. The molecule has 1 rings (SSSR count). The summed E-state index contributed by atoms with van der Waals surface area (Å²) in [4.78, 5) is 13.3. The largest absolute Gasteiger partial charge is 0.395 e. The average molecular weight is 270 g/mol. The van der Waals surface area contributed by atoms with Crippen LogP contribution in [0, 0.1) is 12.7 Å². The Bertz CT molecular complexity index is 426. The lowest BCUT2D eigenvalue weighted by Gasteiger charge is -2.21. The Labute approximate surface area is 112 Å². The summed E-state index contributed by atoms with van der Waals surface area (Å²) < 4.78 is 18.2. The first-order chi connectivity index (χ1) is 9.08. The van der Waals surface area contributed by atoms with Crippen molar-refractivity contribution in [1.29, 1.82) is 0 Å². The van der Waals surface area contributed by atoms with Crippen molar-refractivity contribution in [2.45, 2.75) is 6.92 Å². The quantitative estimate of drug-likeness (QED) is 0.825. The number of carbonyl (C=O) groups excluding carboxylic acids is 1. The number of urea groups is 1. The van der Waals surface area contributed by atoms with E-state index in [0.29, 0.717) is 24.4 Å². The summed E-state index contributed by atoms with van der Waals surface area (Å²) in [6, 6.07) is 4.09. The van der Waals surface area contributed by atoms with Gasteiger partial charge >= 0.3 is 6.03 Å². The molecule has 0 spiro atoms. The van der Waals surface area contributed by atoms with Gasteiger partial charge in [-0.1, -0.05) is 6.07 Å². The summed E-state index contributed by atoms with van der Waals surface area (Å²) in [6.45, 7) is 2.44. The molecule has 1 aromatic carbocycles. The van der Waals surface area contributed by atoms with E-state index in [1.165, 1.54) is 18.1 Å². The molecule has 0 heterocycles. The first-order valence-electron chi connectivity index (χ1n) is 6.00. The van der Waals surface area contributed by atoms with E-state index in [9.17, 15) is 9.18 Å². The van der Waals surface area contributed by atoms with Gasteiger partial charge < -0.3 is 20.1 Å². The van der Waals surface area contributed by atoms with E-state index in [1.54, 1.807) is 19.1 Å². The van der Waals surface area contributed by atoms with E-state index in [-0.39, 0.29) is 19.0 Å². The van der Waals surface area contributed by atoms with Crippen LogP contribution in [-0.2, 0) is 4.74 Å². The maximum atomic E-state index is 13.4. The molecule has 0 fully saturated rings. The van der Waals surface area contributed by atoms with Crippen LogP contribution < -0.4 is 5.32 Å². The van der Waals surface area contributed by atoms with E-state index in [2.05, 4.69) is 5.32 Å². The standard InChI is InChI=1S/C13H19FN2O3/c1-10-3-4-11(9-12(10)14)15-13(18)16(5-7-17)6-8-19-2/h3-4,9,17H,5-8H2,1-2H3,(H,15,18). The molecule has 0 unspecified atom stereocenters. The minimum absolute atomic E-state index is 0.139. The van der Waals surface area contributed by atoms with Crippen LogP contribution >= 0.6 is 0 Å². The first-order valence-corrected chi connectivity index (χ1v) is 6.00. The number of aliphatic hydroxyl groups is 1. The molecule has 2 amide bonds. The van der Waals surface area contributed by atoms with Crippen molar-refractivity contribution in [3.05, 3.63) is 29.6 Å². The zero-order valence-corrected chi connectivity index (χ0v) is 11.1. The summed E-state index contributed by atoms with van der Waals surface area (Å²) in [7, 11) is 1.53. The first kappa shape index (κ1) is 15.4. The molecule has 0 saturated carbocycles. The number of hydrogen-bond acceptors (Lipinski definition) is 3. The van der Waals surface area contributed by atoms with E-state index in [4.69, 9.17) is 9.84 Å². The topological polar surface area (TPSA) is 61.8 Å². The van der Waals surface area contributed by atoms with Gasteiger partial charge in [0.15, 0.2) is 0 Å². The Morgan fingerprint density at radius 1 is 1.47 bits per heavy atom. The fraction of sp³-hybridized carbons (Fsp3) is 0.462. The molecule has 6 heteroatoms. The number of methoxy groups -OCH3 is 1. The van der Waals surface area contributed by atoms with Crippen LogP contribution in [0.5, 0.6) is 0 Å². The molecule has 0 atom stereocenters. The molecular formula is C13H19FN2O3. The van der Waals surface area contributed by atoms with Gasteiger partial charge in [0.25, 0.3) is 0 Å². The number of carbonyl (C=O) groups is 1. The molecule has 0 radical (unpaired) electrons. The number of aryl methyl sites for hydroxylation is 1. The lowest BCUT2D eigenvalue weighted by Crippen LogP contribution is -2.39.